The summed E-state index contributed by atoms with van der Waals surface area (Å²) in [5, 5.41) is 3.19. The van der Waals surface area contributed by atoms with Gasteiger partial charge in [0.25, 0.3) is 0 Å². The SMILES string of the molecule is CCOC(=O)CCNCc1cn2cccc(C)c2n1. The van der Waals surface area contributed by atoms with Crippen molar-refractivity contribution in [1.82, 2.24) is 14.7 Å². The van der Waals surface area contributed by atoms with Gasteiger partial charge in [0.1, 0.15) is 5.65 Å². The molecular weight excluding hydrogens is 242 g/mol. The summed E-state index contributed by atoms with van der Waals surface area (Å²) >= 11 is 0. The highest BCUT2D eigenvalue weighted by molar-refractivity contribution is 5.69. The van der Waals surface area contributed by atoms with Crippen molar-refractivity contribution in [2.24, 2.45) is 0 Å². The third-order valence-electron chi connectivity index (χ3n) is 2.85. The number of hydrogen-bond acceptors (Lipinski definition) is 4. The summed E-state index contributed by atoms with van der Waals surface area (Å²) in [5.74, 6) is -0.166. The number of nitrogens with one attached hydrogen (secondary N) is 1. The second-order valence-corrected chi connectivity index (χ2v) is 4.39. The van der Waals surface area contributed by atoms with E-state index in [1.54, 1.807) is 0 Å². The van der Waals surface area contributed by atoms with Crippen LogP contribution in [0.25, 0.3) is 5.65 Å². The highest BCUT2D eigenvalue weighted by Crippen LogP contribution is 2.09. The van der Waals surface area contributed by atoms with Crippen LogP contribution in [0.2, 0.25) is 0 Å². The van der Waals surface area contributed by atoms with Gasteiger partial charge in [-0.25, -0.2) is 4.98 Å². The van der Waals surface area contributed by atoms with E-state index in [4.69, 9.17) is 4.74 Å². The van der Waals surface area contributed by atoms with Crippen LogP contribution in [0.4, 0.5) is 0 Å². The second-order valence-electron chi connectivity index (χ2n) is 4.39. The fourth-order valence-corrected chi connectivity index (χ4v) is 1.93. The van der Waals surface area contributed by atoms with Crippen LogP contribution in [-0.4, -0.2) is 28.5 Å². The molecule has 0 bridgehead atoms. The number of aromatic nitrogens is 2. The number of carbonyl (C=O) groups is 1. The van der Waals surface area contributed by atoms with Gasteiger partial charge in [-0.3, -0.25) is 4.79 Å². The van der Waals surface area contributed by atoms with Gasteiger partial charge in [0.15, 0.2) is 0 Å². The Morgan fingerprint density at radius 2 is 2.37 bits per heavy atom. The zero-order chi connectivity index (χ0) is 13.7. The van der Waals surface area contributed by atoms with Crippen LogP contribution in [0.5, 0.6) is 0 Å². The number of esters is 1. The van der Waals surface area contributed by atoms with E-state index in [1.165, 1.54) is 0 Å². The molecule has 0 aliphatic rings. The Morgan fingerprint density at radius 1 is 1.53 bits per heavy atom. The predicted octanol–water partition coefficient (Wildman–Crippen LogP) is 1.69. The van der Waals surface area contributed by atoms with Crippen molar-refractivity contribution in [1.29, 1.82) is 0 Å². The molecule has 0 atom stereocenters. The molecule has 0 amide bonds. The molecular formula is C14H19N3O2. The summed E-state index contributed by atoms with van der Waals surface area (Å²) in [6.07, 6.45) is 4.37. The lowest BCUT2D eigenvalue weighted by Gasteiger charge is -2.02. The maximum absolute atomic E-state index is 11.2. The van der Waals surface area contributed by atoms with Gasteiger partial charge < -0.3 is 14.5 Å². The van der Waals surface area contributed by atoms with Crippen LogP contribution in [0.1, 0.15) is 24.6 Å². The highest BCUT2D eigenvalue weighted by Gasteiger charge is 2.04. The maximum atomic E-state index is 11.2. The molecule has 0 saturated carbocycles. The molecule has 2 heterocycles. The summed E-state index contributed by atoms with van der Waals surface area (Å²) < 4.78 is 6.87. The van der Waals surface area contributed by atoms with E-state index >= 15 is 0 Å². The van der Waals surface area contributed by atoms with Gasteiger partial charge in [0.2, 0.25) is 0 Å². The first-order valence-electron chi connectivity index (χ1n) is 6.50. The Bertz CT molecular complexity index is 563. The smallest absolute Gasteiger partial charge is 0.307 e. The lowest BCUT2D eigenvalue weighted by Crippen LogP contribution is -2.19. The molecule has 2 aromatic heterocycles. The van der Waals surface area contributed by atoms with E-state index in [0.29, 0.717) is 26.1 Å². The number of carbonyl (C=O) groups excluding carboxylic acids is 1. The number of imidazole rings is 1. The summed E-state index contributed by atoms with van der Waals surface area (Å²) in [6, 6.07) is 4.04. The van der Waals surface area contributed by atoms with Gasteiger partial charge in [-0.1, -0.05) is 6.07 Å². The Morgan fingerprint density at radius 3 is 3.11 bits per heavy atom. The van der Waals surface area contributed by atoms with Crippen molar-refractivity contribution in [3.05, 3.63) is 35.8 Å². The highest BCUT2D eigenvalue weighted by atomic mass is 16.5. The Labute approximate surface area is 112 Å². The molecule has 1 N–H and O–H groups in total. The third kappa shape index (κ3) is 3.54. The first-order valence-corrected chi connectivity index (χ1v) is 6.50. The molecule has 5 heteroatoms. The maximum Gasteiger partial charge on any atom is 0.307 e. The number of aryl methyl sites for hydroxylation is 1. The van der Waals surface area contributed by atoms with Gasteiger partial charge >= 0.3 is 5.97 Å². The summed E-state index contributed by atoms with van der Waals surface area (Å²) in [6.45, 7) is 5.54. The molecule has 0 unspecified atom stereocenters. The van der Waals surface area contributed by atoms with Gasteiger partial charge in [-0.05, 0) is 25.5 Å². The molecule has 0 aliphatic carbocycles. The van der Waals surface area contributed by atoms with Crippen LogP contribution in [0, 0.1) is 6.92 Å². The summed E-state index contributed by atoms with van der Waals surface area (Å²) in [7, 11) is 0. The average molecular weight is 261 g/mol. The Kier molecular flexibility index (Phi) is 4.52. The number of rotatable bonds is 6. The second kappa shape index (κ2) is 6.33. The van der Waals surface area contributed by atoms with Gasteiger partial charge in [-0.15, -0.1) is 0 Å². The van der Waals surface area contributed by atoms with Crippen molar-refractivity contribution in [2.75, 3.05) is 13.2 Å². The molecule has 0 radical (unpaired) electrons. The number of fused-ring (bicyclic) bond motifs is 1. The van der Waals surface area contributed by atoms with E-state index < -0.39 is 0 Å². The molecule has 0 aliphatic heterocycles. The van der Waals surface area contributed by atoms with Crippen molar-refractivity contribution in [3.63, 3.8) is 0 Å². The van der Waals surface area contributed by atoms with E-state index in [2.05, 4.69) is 10.3 Å². The fourth-order valence-electron chi connectivity index (χ4n) is 1.93. The minimum Gasteiger partial charge on any atom is -0.466 e. The topological polar surface area (TPSA) is 55.6 Å². The van der Waals surface area contributed by atoms with Gasteiger partial charge in [-0.2, -0.15) is 0 Å². The zero-order valence-electron chi connectivity index (χ0n) is 11.3. The van der Waals surface area contributed by atoms with E-state index in [-0.39, 0.29) is 5.97 Å². The largest absolute Gasteiger partial charge is 0.466 e. The van der Waals surface area contributed by atoms with Crippen LogP contribution < -0.4 is 5.32 Å². The number of nitrogens with zero attached hydrogens (tertiary/aromatic N) is 2. The Balaban J connectivity index is 1.85. The van der Waals surface area contributed by atoms with E-state index in [1.807, 2.05) is 42.8 Å². The van der Waals surface area contributed by atoms with Crippen molar-refractivity contribution in [3.8, 4) is 0 Å². The summed E-state index contributed by atoms with van der Waals surface area (Å²) in [4.78, 5) is 15.7. The monoisotopic (exact) mass is 261 g/mol. The fraction of sp³-hybridized carbons (Fsp3) is 0.429. The van der Waals surface area contributed by atoms with Gasteiger partial charge in [0.05, 0.1) is 18.7 Å². The first-order chi connectivity index (χ1) is 9.20. The minimum absolute atomic E-state index is 0.166. The Hall–Kier alpha value is -1.88. The van der Waals surface area contributed by atoms with Crippen LogP contribution in [0.15, 0.2) is 24.5 Å². The molecule has 102 valence electrons. The zero-order valence-corrected chi connectivity index (χ0v) is 11.3. The molecule has 19 heavy (non-hydrogen) atoms. The molecule has 0 aromatic carbocycles. The van der Waals surface area contributed by atoms with Crippen molar-refractivity contribution in [2.45, 2.75) is 26.8 Å². The number of hydrogen-bond donors (Lipinski definition) is 1. The number of ether oxygens (including phenoxy) is 1. The van der Waals surface area contributed by atoms with Crippen LogP contribution in [0.3, 0.4) is 0 Å². The molecule has 5 nitrogen and oxygen atoms in total. The lowest BCUT2D eigenvalue weighted by atomic mass is 10.3. The molecule has 0 spiro atoms. The normalized spacial score (nSPS) is 10.8. The molecule has 2 aromatic rings. The standard InChI is InChI=1S/C14H19N3O2/c1-3-19-13(18)6-7-15-9-12-10-17-8-4-5-11(2)14(17)16-12/h4-5,8,10,15H,3,6-7,9H2,1-2H3. The van der Waals surface area contributed by atoms with Crippen LogP contribution in [-0.2, 0) is 16.1 Å². The first kappa shape index (κ1) is 13.5. The molecule has 0 saturated heterocycles. The predicted molar refractivity (Wildman–Crippen MR) is 72.9 cm³/mol. The van der Waals surface area contributed by atoms with E-state index in [9.17, 15) is 4.79 Å². The average Bonchev–Trinajstić information content (AvgIpc) is 2.79. The van der Waals surface area contributed by atoms with Crippen molar-refractivity contribution < 1.29 is 9.53 Å². The molecule has 2 rings (SSSR count). The van der Waals surface area contributed by atoms with E-state index in [0.717, 1.165) is 16.9 Å². The number of pyridine rings is 1. The quantitative estimate of drug-likeness (QED) is 0.635. The van der Waals surface area contributed by atoms with Crippen LogP contribution >= 0.6 is 0 Å². The van der Waals surface area contributed by atoms with Gasteiger partial charge in [0, 0.05) is 25.5 Å². The minimum atomic E-state index is -0.166. The molecule has 0 fully saturated rings. The third-order valence-corrected chi connectivity index (χ3v) is 2.85. The lowest BCUT2D eigenvalue weighted by molar-refractivity contribution is -0.142. The van der Waals surface area contributed by atoms with Crippen molar-refractivity contribution >= 4 is 11.6 Å². The summed E-state index contributed by atoms with van der Waals surface area (Å²) in [5.41, 5.74) is 3.10.